The number of hydrogen-bond donors (Lipinski definition) is 1. The van der Waals surface area contributed by atoms with Crippen LogP contribution in [0.4, 0.5) is 0 Å². The summed E-state index contributed by atoms with van der Waals surface area (Å²) in [6, 6.07) is 18.5. The van der Waals surface area contributed by atoms with Crippen molar-refractivity contribution in [3.63, 3.8) is 0 Å². The van der Waals surface area contributed by atoms with Crippen LogP contribution in [0.3, 0.4) is 0 Å². The molecule has 1 N–H and O–H groups in total. The molecule has 0 bridgehead atoms. The van der Waals surface area contributed by atoms with E-state index in [-0.39, 0.29) is 18.1 Å². The largest absolute Gasteiger partial charge is 0.303 e. The number of amides is 1. The van der Waals surface area contributed by atoms with Crippen LogP contribution in [0.5, 0.6) is 0 Å². The van der Waals surface area contributed by atoms with E-state index in [4.69, 9.17) is 0 Å². The van der Waals surface area contributed by atoms with Crippen LogP contribution in [-0.2, 0) is 4.79 Å². The van der Waals surface area contributed by atoms with Crippen molar-refractivity contribution in [2.75, 3.05) is 0 Å². The summed E-state index contributed by atoms with van der Waals surface area (Å²) in [6.45, 7) is 0. The van der Waals surface area contributed by atoms with Crippen LogP contribution < -0.4 is 5.32 Å². The molecule has 0 radical (unpaired) electrons. The summed E-state index contributed by atoms with van der Waals surface area (Å²) in [6.07, 6.45) is 1.75. The van der Waals surface area contributed by atoms with Crippen molar-refractivity contribution in [3.05, 3.63) is 71.8 Å². The molecule has 1 amide bonds. The molecule has 0 saturated carbocycles. The molecule has 1 unspecified atom stereocenters. The van der Waals surface area contributed by atoms with Crippen molar-refractivity contribution >= 4 is 34.8 Å². The van der Waals surface area contributed by atoms with Crippen LogP contribution in [-0.4, -0.2) is 28.3 Å². The standard InChI is InChI=1S/C18H15N3O2S/c22-15(14-9-5-2-6-10-14)11-16-17(23)20-18(24-16)21-19-12-13-7-3-1-4-8-13/h1-10,12,16H,11H2,(H,20,21,23)/b19-12+. The number of Topliss-reactive ketones (excluding diaryl/α,β-unsaturated/α-hetero) is 1. The zero-order chi connectivity index (χ0) is 16.8. The average molecular weight is 337 g/mol. The monoisotopic (exact) mass is 337 g/mol. The maximum Gasteiger partial charge on any atom is 0.240 e. The Kier molecular flexibility index (Phi) is 5.18. The third-order valence-electron chi connectivity index (χ3n) is 3.40. The first-order chi connectivity index (χ1) is 11.7. The van der Waals surface area contributed by atoms with Crippen molar-refractivity contribution in [2.24, 2.45) is 10.2 Å². The molecule has 2 aromatic rings. The van der Waals surface area contributed by atoms with Gasteiger partial charge in [-0.05, 0) is 5.56 Å². The van der Waals surface area contributed by atoms with Gasteiger partial charge >= 0.3 is 0 Å². The zero-order valence-electron chi connectivity index (χ0n) is 12.8. The molecule has 24 heavy (non-hydrogen) atoms. The summed E-state index contributed by atoms with van der Waals surface area (Å²) in [5, 5.41) is 10.6. The van der Waals surface area contributed by atoms with Crippen LogP contribution in [0.15, 0.2) is 70.9 Å². The van der Waals surface area contributed by atoms with Crippen molar-refractivity contribution in [3.8, 4) is 0 Å². The summed E-state index contributed by atoms with van der Waals surface area (Å²) in [7, 11) is 0. The number of hydrogen-bond acceptors (Lipinski definition) is 5. The predicted molar refractivity (Wildman–Crippen MR) is 96.4 cm³/mol. The quantitative estimate of drug-likeness (QED) is 0.518. The van der Waals surface area contributed by atoms with Gasteiger partial charge in [0, 0.05) is 12.0 Å². The van der Waals surface area contributed by atoms with Crippen LogP contribution in [0.2, 0.25) is 0 Å². The second kappa shape index (κ2) is 7.70. The van der Waals surface area contributed by atoms with E-state index < -0.39 is 5.25 Å². The highest BCUT2D eigenvalue weighted by atomic mass is 32.2. The van der Waals surface area contributed by atoms with Gasteiger partial charge in [-0.2, -0.15) is 5.10 Å². The van der Waals surface area contributed by atoms with Gasteiger partial charge in [0.2, 0.25) is 5.91 Å². The minimum atomic E-state index is -0.469. The van der Waals surface area contributed by atoms with E-state index >= 15 is 0 Å². The Morgan fingerprint density at radius 1 is 1.08 bits per heavy atom. The Hall–Kier alpha value is -2.73. The second-order valence-electron chi connectivity index (χ2n) is 5.15. The van der Waals surface area contributed by atoms with Gasteiger partial charge in [0.15, 0.2) is 11.0 Å². The number of rotatable bonds is 5. The molecule has 1 atom stereocenters. The number of amidine groups is 1. The fraction of sp³-hybridized carbons (Fsp3) is 0.111. The first-order valence-corrected chi connectivity index (χ1v) is 8.32. The summed E-state index contributed by atoms with van der Waals surface area (Å²) in [5.41, 5.74) is 1.53. The van der Waals surface area contributed by atoms with E-state index in [2.05, 4.69) is 15.5 Å². The molecule has 2 aromatic carbocycles. The lowest BCUT2D eigenvalue weighted by Gasteiger charge is -2.04. The number of carbonyl (C=O) groups excluding carboxylic acids is 2. The fourth-order valence-electron chi connectivity index (χ4n) is 2.18. The van der Waals surface area contributed by atoms with Crippen LogP contribution in [0.1, 0.15) is 22.3 Å². The van der Waals surface area contributed by atoms with Crippen LogP contribution in [0, 0.1) is 0 Å². The summed E-state index contributed by atoms with van der Waals surface area (Å²) in [5.74, 6) is -0.268. The number of nitrogens with one attached hydrogen (secondary N) is 1. The third-order valence-corrected chi connectivity index (χ3v) is 4.47. The Balaban J connectivity index is 1.60. The van der Waals surface area contributed by atoms with E-state index in [1.165, 1.54) is 11.8 Å². The Morgan fingerprint density at radius 2 is 1.75 bits per heavy atom. The molecular formula is C18H15N3O2S. The van der Waals surface area contributed by atoms with Gasteiger partial charge in [-0.1, -0.05) is 72.4 Å². The molecule has 5 nitrogen and oxygen atoms in total. The maximum absolute atomic E-state index is 12.2. The Morgan fingerprint density at radius 3 is 2.46 bits per heavy atom. The van der Waals surface area contributed by atoms with E-state index in [1.807, 2.05) is 36.4 Å². The molecule has 1 fully saturated rings. The third kappa shape index (κ3) is 4.17. The minimum Gasteiger partial charge on any atom is -0.303 e. The van der Waals surface area contributed by atoms with E-state index in [9.17, 15) is 9.59 Å². The molecule has 1 aliphatic rings. The zero-order valence-corrected chi connectivity index (χ0v) is 13.6. The van der Waals surface area contributed by atoms with Crippen LogP contribution in [0.25, 0.3) is 0 Å². The lowest BCUT2D eigenvalue weighted by molar-refractivity contribution is -0.118. The molecule has 0 aliphatic carbocycles. The summed E-state index contributed by atoms with van der Waals surface area (Å²) < 4.78 is 0. The van der Waals surface area contributed by atoms with Gasteiger partial charge in [0.1, 0.15) is 0 Å². The molecule has 0 spiro atoms. The highest BCUT2D eigenvalue weighted by Gasteiger charge is 2.32. The van der Waals surface area contributed by atoms with Crippen molar-refractivity contribution in [1.82, 2.24) is 5.32 Å². The van der Waals surface area contributed by atoms with Gasteiger partial charge in [-0.3, -0.25) is 9.59 Å². The number of ketones is 1. The van der Waals surface area contributed by atoms with E-state index in [0.29, 0.717) is 10.7 Å². The van der Waals surface area contributed by atoms with Gasteiger partial charge < -0.3 is 5.32 Å². The highest BCUT2D eigenvalue weighted by Crippen LogP contribution is 2.24. The lowest BCUT2D eigenvalue weighted by Crippen LogP contribution is -2.26. The molecular weight excluding hydrogens is 322 g/mol. The van der Waals surface area contributed by atoms with Crippen molar-refractivity contribution < 1.29 is 9.59 Å². The Bertz CT molecular complexity index is 788. The molecule has 1 aliphatic heterocycles. The SMILES string of the molecule is O=C(CC1S/C(=N/N=C/c2ccccc2)NC1=O)c1ccccc1. The average Bonchev–Trinajstić information content (AvgIpc) is 2.96. The topological polar surface area (TPSA) is 70.9 Å². The first-order valence-electron chi connectivity index (χ1n) is 7.44. The fourth-order valence-corrected chi connectivity index (χ4v) is 3.11. The van der Waals surface area contributed by atoms with Gasteiger partial charge in [-0.25, -0.2) is 0 Å². The lowest BCUT2D eigenvalue weighted by atomic mass is 10.1. The molecule has 1 saturated heterocycles. The normalized spacial score (nSPS) is 18.9. The van der Waals surface area contributed by atoms with Crippen LogP contribution >= 0.6 is 11.8 Å². The first kappa shape index (κ1) is 16.1. The molecule has 0 aromatic heterocycles. The summed E-state index contributed by atoms with van der Waals surface area (Å²) >= 11 is 1.23. The predicted octanol–water partition coefficient (Wildman–Crippen LogP) is 2.88. The highest BCUT2D eigenvalue weighted by molar-refractivity contribution is 8.15. The molecule has 6 heteroatoms. The number of thioether (sulfide) groups is 1. The minimum absolute atomic E-state index is 0.0581. The van der Waals surface area contributed by atoms with Crippen molar-refractivity contribution in [2.45, 2.75) is 11.7 Å². The summed E-state index contributed by atoms with van der Waals surface area (Å²) in [4.78, 5) is 24.2. The molecule has 1 heterocycles. The number of nitrogens with zero attached hydrogens (tertiary/aromatic N) is 2. The second-order valence-corrected chi connectivity index (χ2v) is 6.34. The Labute approximate surface area is 143 Å². The smallest absolute Gasteiger partial charge is 0.240 e. The maximum atomic E-state index is 12.2. The number of benzene rings is 2. The molecule has 120 valence electrons. The number of carbonyl (C=O) groups is 2. The van der Waals surface area contributed by atoms with Gasteiger partial charge in [-0.15, -0.1) is 5.10 Å². The van der Waals surface area contributed by atoms with E-state index in [1.54, 1.807) is 30.5 Å². The van der Waals surface area contributed by atoms with Crippen molar-refractivity contribution in [1.29, 1.82) is 0 Å². The van der Waals surface area contributed by atoms with E-state index in [0.717, 1.165) is 5.56 Å². The van der Waals surface area contributed by atoms with Gasteiger partial charge in [0.05, 0.1) is 11.5 Å². The molecule has 3 rings (SSSR count). The van der Waals surface area contributed by atoms with Gasteiger partial charge in [0.25, 0.3) is 0 Å².